The van der Waals surface area contributed by atoms with Gasteiger partial charge in [-0.1, -0.05) is 41.6 Å². The van der Waals surface area contributed by atoms with Crippen LogP contribution in [-0.2, 0) is 5.75 Å². The van der Waals surface area contributed by atoms with Crippen molar-refractivity contribution >= 4 is 46.3 Å². The SMILES string of the molecule is Cc1ccc(Cl)cc1-n1c(SCc2nc(C(=O)Nc3ccccc3F)cs2)nnc1-c1ccco1. The lowest BCUT2D eigenvalue weighted by atomic mass is 10.2. The molecule has 0 saturated carbocycles. The summed E-state index contributed by atoms with van der Waals surface area (Å²) >= 11 is 9.04. The van der Waals surface area contributed by atoms with Gasteiger partial charge < -0.3 is 9.73 Å². The fourth-order valence-electron chi connectivity index (χ4n) is 3.33. The van der Waals surface area contributed by atoms with Crippen molar-refractivity contribution in [1.82, 2.24) is 19.7 Å². The second-order valence-corrected chi connectivity index (χ2v) is 9.72. The number of thiazole rings is 1. The molecule has 0 fully saturated rings. The minimum Gasteiger partial charge on any atom is -0.461 e. The quantitative estimate of drug-likeness (QED) is 0.240. The summed E-state index contributed by atoms with van der Waals surface area (Å²) in [6.45, 7) is 1.98. The number of halogens is 2. The minimum atomic E-state index is -0.505. The molecule has 0 spiro atoms. The van der Waals surface area contributed by atoms with Crippen LogP contribution in [0.2, 0.25) is 5.02 Å². The summed E-state index contributed by atoms with van der Waals surface area (Å²) in [5, 5.41) is 14.8. The lowest BCUT2D eigenvalue weighted by Crippen LogP contribution is -2.13. The number of hydrogen-bond donors (Lipinski definition) is 1. The molecular weight excluding hydrogens is 509 g/mol. The van der Waals surface area contributed by atoms with Crippen molar-refractivity contribution < 1.29 is 13.6 Å². The number of para-hydroxylation sites is 1. The van der Waals surface area contributed by atoms with Crippen molar-refractivity contribution in [1.29, 1.82) is 0 Å². The van der Waals surface area contributed by atoms with Gasteiger partial charge in [-0.3, -0.25) is 9.36 Å². The molecule has 5 aromatic rings. The van der Waals surface area contributed by atoms with Crippen LogP contribution in [0.25, 0.3) is 17.3 Å². The molecular formula is C24H17ClFN5O2S2. The smallest absolute Gasteiger partial charge is 0.275 e. The van der Waals surface area contributed by atoms with E-state index >= 15 is 0 Å². The zero-order valence-corrected chi connectivity index (χ0v) is 20.6. The molecule has 176 valence electrons. The van der Waals surface area contributed by atoms with Crippen LogP contribution in [0.15, 0.2) is 75.8 Å². The number of hydrogen-bond acceptors (Lipinski definition) is 7. The number of anilines is 1. The zero-order chi connectivity index (χ0) is 24.4. The van der Waals surface area contributed by atoms with E-state index in [0.717, 1.165) is 11.3 Å². The summed E-state index contributed by atoms with van der Waals surface area (Å²) in [4.78, 5) is 16.9. The van der Waals surface area contributed by atoms with E-state index in [-0.39, 0.29) is 11.4 Å². The molecule has 1 amide bonds. The summed E-state index contributed by atoms with van der Waals surface area (Å²) < 4.78 is 21.3. The maximum absolute atomic E-state index is 13.8. The lowest BCUT2D eigenvalue weighted by Gasteiger charge is -2.12. The molecule has 1 N–H and O–H groups in total. The maximum atomic E-state index is 13.8. The van der Waals surface area contributed by atoms with Gasteiger partial charge in [0, 0.05) is 10.4 Å². The molecule has 3 heterocycles. The highest BCUT2D eigenvalue weighted by Gasteiger charge is 2.20. The van der Waals surface area contributed by atoms with Gasteiger partial charge in [-0.05, 0) is 48.9 Å². The minimum absolute atomic E-state index is 0.108. The molecule has 11 heteroatoms. The Labute approximate surface area is 213 Å². The average molecular weight is 526 g/mol. The third-order valence-corrected chi connectivity index (χ3v) is 7.23. The van der Waals surface area contributed by atoms with Crippen molar-refractivity contribution in [2.45, 2.75) is 17.8 Å². The van der Waals surface area contributed by atoms with Gasteiger partial charge in [-0.2, -0.15) is 0 Å². The number of nitrogens with one attached hydrogen (secondary N) is 1. The number of benzene rings is 2. The Balaban J connectivity index is 1.38. The van der Waals surface area contributed by atoms with Gasteiger partial charge in [-0.15, -0.1) is 21.5 Å². The standard InChI is InChI=1S/C24H17ClFN5O2S2/c1-14-8-9-15(25)11-19(14)31-22(20-7-4-10-33-20)29-30-24(31)35-13-21-27-18(12-34-21)23(32)28-17-6-3-2-5-16(17)26/h2-12H,13H2,1H3,(H,28,32). The second-order valence-electron chi connectivity index (χ2n) is 7.40. The van der Waals surface area contributed by atoms with Crippen LogP contribution in [0.5, 0.6) is 0 Å². The van der Waals surface area contributed by atoms with Crippen LogP contribution in [0.4, 0.5) is 10.1 Å². The third-order valence-electron chi connectivity index (χ3n) is 5.02. The van der Waals surface area contributed by atoms with Crippen molar-refractivity contribution in [2.24, 2.45) is 0 Å². The van der Waals surface area contributed by atoms with E-state index in [1.807, 2.05) is 35.8 Å². The van der Waals surface area contributed by atoms with Crippen molar-refractivity contribution in [2.75, 3.05) is 5.32 Å². The van der Waals surface area contributed by atoms with Gasteiger partial charge in [0.05, 0.1) is 23.4 Å². The molecule has 0 radical (unpaired) electrons. The van der Waals surface area contributed by atoms with E-state index in [1.165, 1.54) is 35.2 Å². The molecule has 5 rings (SSSR count). The monoisotopic (exact) mass is 525 g/mol. The van der Waals surface area contributed by atoms with Crippen molar-refractivity contribution in [3.8, 4) is 17.3 Å². The van der Waals surface area contributed by atoms with Gasteiger partial charge >= 0.3 is 0 Å². The molecule has 0 aliphatic rings. The van der Waals surface area contributed by atoms with Crippen LogP contribution in [0.1, 0.15) is 21.1 Å². The van der Waals surface area contributed by atoms with Gasteiger partial charge in [0.15, 0.2) is 10.9 Å². The predicted molar refractivity (Wildman–Crippen MR) is 135 cm³/mol. The first-order chi connectivity index (χ1) is 17.0. The number of carbonyl (C=O) groups excluding carboxylic acids is 1. The first-order valence-corrected chi connectivity index (χ1v) is 12.6. The molecule has 0 unspecified atom stereocenters. The maximum Gasteiger partial charge on any atom is 0.275 e. The number of amides is 1. The topological polar surface area (TPSA) is 85.8 Å². The van der Waals surface area contributed by atoms with E-state index in [0.29, 0.717) is 32.5 Å². The van der Waals surface area contributed by atoms with E-state index in [2.05, 4.69) is 20.5 Å². The Morgan fingerprint density at radius 2 is 2.06 bits per heavy atom. The highest BCUT2D eigenvalue weighted by molar-refractivity contribution is 7.98. The highest BCUT2D eigenvalue weighted by Crippen LogP contribution is 2.32. The number of aryl methyl sites for hydroxylation is 1. The Kier molecular flexibility index (Phi) is 6.67. The molecule has 2 aromatic carbocycles. The van der Waals surface area contributed by atoms with Crippen LogP contribution in [-0.4, -0.2) is 25.7 Å². The number of furan rings is 1. The zero-order valence-electron chi connectivity index (χ0n) is 18.2. The Hall–Kier alpha value is -3.47. The van der Waals surface area contributed by atoms with Crippen LogP contribution < -0.4 is 5.32 Å². The normalized spacial score (nSPS) is 11.1. The summed E-state index contributed by atoms with van der Waals surface area (Å²) in [6, 6.07) is 15.2. The number of thioether (sulfide) groups is 1. The molecule has 0 aliphatic heterocycles. The number of rotatable bonds is 7. The molecule has 7 nitrogen and oxygen atoms in total. The van der Waals surface area contributed by atoms with Gasteiger partial charge in [0.25, 0.3) is 5.91 Å². The molecule has 0 bridgehead atoms. The van der Waals surface area contributed by atoms with Crippen LogP contribution >= 0.6 is 34.7 Å². The summed E-state index contributed by atoms with van der Waals surface area (Å²) in [6.07, 6.45) is 1.58. The Morgan fingerprint density at radius 3 is 2.86 bits per heavy atom. The predicted octanol–water partition coefficient (Wildman–Crippen LogP) is 6.63. The first-order valence-electron chi connectivity index (χ1n) is 10.4. The number of carbonyl (C=O) groups is 1. The van der Waals surface area contributed by atoms with Crippen LogP contribution in [0, 0.1) is 12.7 Å². The van der Waals surface area contributed by atoms with Gasteiger partial charge in [-0.25, -0.2) is 9.37 Å². The van der Waals surface area contributed by atoms with E-state index < -0.39 is 11.7 Å². The number of aromatic nitrogens is 4. The first kappa shape index (κ1) is 23.3. The fourth-order valence-corrected chi connectivity index (χ4v) is 5.23. The van der Waals surface area contributed by atoms with Crippen molar-refractivity contribution in [3.63, 3.8) is 0 Å². The molecule has 0 aliphatic carbocycles. The van der Waals surface area contributed by atoms with E-state index in [9.17, 15) is 9.18 Å². The summed E-state index contributed by atoms with van der Waals surface area (Å²) in [5.41, 5.74) is 2.15. The van der Waals surface area contributed by atoms with E-state index in [1.54, 1.807) is 29.8 Å². The fraction of sp³-hybridized carbons (Fsp3) is 0.0833. The van der Waals surface area contributed by atoms with Gasteiger partial charge in [0.2, 0.25) is 5.82 Å². The Bertz CT molecular complexity index is 1500. The highest BCUT2D eigenvalue weighted by atomic mass is 35.5. The third kappa shape index (κ3) is 5.00. The second kappa shape index (κ2) is 10.0. The average Bonchev–Trinajstić information content (AvgIpc) is 3.61. The molecule has 3 aromatic heterocycles. The Morgan fingerprint density at radius 1 is 1.20 bits per heavy atom. The van der Waals surface area contributed by atoms with Crippen molar-refractivity contribution in [3.05, 3.63) is 93.3 Å². The lowest BCUT2D eigenvalue weighted by molar-refractivity contribution is 0.102. The summed E-state index contributed by atoms with van der Waals surface area (Å²) in [7, 11) is 0. The number of nitrogens with zero attached hydrogens (tertiary/aromatic N) is 4. The largest absolute Gasteiger partial charge is 0.461 e. The molecule has 35 heavy (non-hydrogen) atoms. The molecule has 0 atom stereocenters. The summed E-state index contributed by atoms with van der Waals surface area (Å²) in [5.74, 6) is 0.598. The molecule has 0 saturated heterocycles. The van der Waals surface area contributed by atoms with Crippen LogP contribution in [0.3, 0.4) is 0 Å². The van der Waals surface area contributed by atoms with Gasteiger partial charge in [0.1, 0.15) is 16.5 Å². The van der Waals surface area contributed by atoms with E-state index in [4.69, 9.17) is 16.0 Å².